The Labute approximate surface area is 95.5 Å². The van der Waals surface area contributed by atoms with Crippen LogP contribution >= 0.6 is 0 Å². The van der Waals surface area contributed by atoms with E-state index in [2.05, 4.69) is 10.4 Å². The maximum Gasteiger partial charge on any atom is 0.325 e. The molecule has 0 amide bonds. The van der Waals surface area contributed by atoms with Crippen LogP contribution in [-0.4, -0.2) is 27.4 Å². The second-order valence-corrected chi connectivity index (χ2v) is 4.20. The Morgan fingerprint density at radius 2 is 2.31 bits per heavy atom. The minimum atomic E-state index is -0.865. The minimum Gasteiger partial charge on any atom is -0.480 e. The summed E-state index contributed by atoms with van der Waals surface area (Å²) in [6, 6.07) is -0.664. The van der Waals surface area contributed by atoms with Crippen molar-refractivity contribution in [3.05, 3.63) is 18.0 Å². The molecule has 0 saturated heterocycles. The second kappa shape index (κ2) is 5.65. The molecule has 2 N–H and O–H groups in total. The van der Waals surface area contributed by atoms with E-state index >= 15 is 0 Å². The number of aryl methyl sites for hydroxylation is 1. The molecular formula is C11H19N3O2. The third-order valence-corrected chi connectivity index (χ3v) is 2.29. The fraction of sp³-hybridized carbons (Fsp3) is 0.636. The summed E-state index contributed by atoms with van der Waals surface area (Å²) in [5, 5.41) is 16.2. The molecule has 0 saturated carbocycles. The van der Waals surface area contributed by atoms with E-state index < -0.39 is 12.0 Å². The fourth-order valence-corrected chi connectivity index (χ4v) is 1.40. The molecule has 5 heteroatoms. The van der Waals surface area contributed by atoms with Crippen LogP contribution in [0.15, 0.2) is 12.4 Å². The van der Waals surface area contributed by atoms with Crippen molar-refractivity contribution in [3.8, 4) is 0 Å². The average Bonchev–Trinajstić information content (AvgIpc) is 2.65. The third kappa shape index (κ3) is 3.34. The van der Waals surface area contributed by atoms with Crippen molar-refractivity contribution in [2.45, 2.75) is 33.4 Å². The van der Waals surface area contributed by atoms with Gasteiger partial charge in [0.1, 0.15) is 6.04 Å². The van der Waals surface area contributed by atoms with Gasteiger partial charge in [-0.1, -0.05) is 13.8 Å². The first kappa shape index (κ1) is 12.7. The lowest BCUT2D eigenvalue weighted by molar-refractivity contribution is -0.139. The Morgan fingerprint density at radius 1 is 1.62 bits per heavy atom. The highest BCUT2D eigenvalue weighted by atomic mass is 16.4. The highest BCUT2D eigenvalue weighted by molar-refractivity contribution is 5.75. The highest BCUT2D eigenvalue weighted by Crippen LogP contribution is 2.12. The van der Waals surface area contributed by atoms with Crippen LogP contribution in [0.2, 0.25) is 0 Å². The van der Waals surface area contributed by atoms with Gasteiger partial charge in [0.05, 0.1) is 6.20 Å². The smallest absolute Gasteiger partial charge is 0.325 e. The lowest BCUT2D eigenvalue weighted by Crippen LogP contribution is -2.31. The summed E-state index contributed by atoms with van der Waals surface area (Å²) in [7, 11) is 0. The zero-order chi connectivity index (χ0) is 12.1. The Kier molecular flexibility index (Phi) is 4.49. The van der Waals surface area contributed by atoms with Gasteiger partial charge < -0.3 is 10.4 Å². The molecule has 1 atom stereocenters. The Bertz CT molecular complexity index is 347. The molecule has 16 heavy (non-hydrogen) atoms. The number of carbonyl (C=O) groups is 1. The summed E-state index contributed by atoms with van der Waals surface area (Å²) in [5.41, 5.74) is 0.704. The number of nitrogens with one attached hydrogen (secondary N) is 1. The van der Waals surface area contributed by atoms with Crippen LogP contribution in [0.25, 0.3) is 0 Å². The lowest BCUT2D eigenvalue weighted by atomic mass is 10.1. The fourth-order valence-electron chi connectivity index (χ4n) is 1.40. The molecule has 1 unspecified atom stereocenters. The number of aromatic nitrogens is 2. The molecule has 1 rings (SSSR count). The van der Waals surface area contributed by atoms with E-state index in [0.717, 1.165) is 6.54 Å². The molecule has 0 fully saturated rings. The molecule has 1 aromatic heterocycles. The van der Waals surface area contributed by atoms with Crippen LogP contribution in [0.5, 0.6) is 0 Å². The first-order chi connectivity index (χ1) is 7.54. The summed E-state index contributed by atoms with van der Waals surface area (Å²) in [4.78, 5) is 11.1. The SMILES string of the molecule is CCn1cc(C(NCC(C)C)C(=O)O)cn1. The summed E-state index contributed by atoms with van der Waals surface area (Å²) in [5.74, 6) is -0.445. The predicted octanol–water partition coefficient (Wildman–Crippen LogP) is 1.27. The monoisotopic (exact) mass is 225 g/mol. The number of hydrogen-bond donors (Lipinski definition) is 2. The van der Waals surface area contributed by atoms with Crippen LogP contribution in [-0.2, 0) is 11.3 Å². The predicted molar refractivity (Wildman–Crippen MR) is 61.1 cm³/mol. The molecule has 0 spiro atoms. The largest absolute Gasteiger partial charge is 0.480 e. The van der Waals surface area contributed by atoms with Crippen LogP contribution < -0.4 is 5.32 Å². The van der Waals surface area contributed by atoms with Gasteiger partial charge in [-0.25, -0.2) is 0 Å². The molecule has 0 aromatic carbocycles. The second-order valence-electron chi connectivity index (χ2n) is 4.20. The summed E-state index contributed by atoms with van der Waals surface area (Å²) in [6.07, 6.45) is 3.38. The number of carboxylic acid groups (broad SMARTS) is 1. The van der Waals surface area contributed by atoms with Crippen molar-refractivity contribution in [2.24, 2.45) is 5.92 Å². The van der Waals surface area contributed by atoms with Crippen LogP contribution in [0.4, 0.5) is 0 Å². The molecule has 1 heterocycles. The van der Waals surface area contributed by atoms with Gasteiger partial charge in [0.15, 0.2) is 0 Å². The highest BCUT2D eigenvalue weighted by Gasteiger charge is 2.20. The minimum absolute atomic E-state index is 0.420. The van der Waals surface area contributed by atoms with Gasteiger partial charge in [-0.3, -0.25) is 9.48 Å². The Hall–Kier alpha value is -1.36. The van der Waals surface area contributed by atoms with Crippen molar-refractivity contribution in [3.63, 3.8) is 0 Å². The maximum absolute atomic E-state index is 11.1. The normalized spacial score (nSPS) is 13.0. The summed E-state index contributed by atoms with van der Waals surface area (Å²) < 4.78 is 1.72. The van der Waals surface area contributed by atoms with Gasteiger partial charge in [0.25, 0.3) is 0 Å². The van der Waals surface area contributed by atoms with Gasteiger partial charge in [-0.2, -0.15) is 5.10 Å². The van der Waals surface area contributed by atoms with Crippen molar-refractivity contribution in [1.82, 2.24) is 15.1 Å². The number of carboxylic acids is 1. The van der Waals surface area contributed by atoms with Gasteiger partial charge in [0.2, 0.25) is 0 Å². The third-order valence-electron chi connectivity index (χ3n) is 2.29. The summed E-state index contributed by atoms with van der Waals surface area (Å²) >= 11 is 0. The molecule has 0 bridgehead atoms. The lowest BCUT2D eigenvalue weighted by Gasteiger charge is -2.14. The topological polar surface area (TPSA) is 67.2 Å². The van der Waals surface area contributed by atoms with E-state index in [1.807, 2.05) is 20.8 Å². The summed E-state index contributed by atoms with van der Waals surface area (Å²) in [6.45, 7) is 7.47. The van der Waals surface area contributed by atoms with E-state index in [9.17, 15) is 4.79 Å². The quantitative estimate of drug-likeness (QED) is 0.765. The van der Waals surface area contributed by atoms with E-state index in [-0.39, 0.29) is 0 Å². The molecule has 0 aliphatic heterocycles. The van der Waals surface area contributed by atoms with Gasteiger partial charge >= 0.3 is 5.97 Å². The number of nitrogens with zero attached hydrogens (tertiary/aromatic N) is 2. The number of rotatable bonds is 6. The molecule has 0 aliphatic carbocycles. The molecule has 5 nitrogen and oxygen atoms in total. The first-order valence-corrected chi connectivity index (χ1v) is 5.53. The van der Waals surface area contributed by atoms with E-state index in [0.29, 0.717) is 18.0 Å². The average molecular weight is 225 g/mol. The van der Waals surface area contributed by atoms with Crippen LogP contribution in [0, 0.1) is 5.92 Å². The standard InChI is InChI=1S/C11H19N3O2/c1-4-14-7-9(6-13-14)10(11(15)16)12-5-8(2)3/h6-8,10,12H,4-5H2,1-3H3,(H,15,16). The first-order valence-electron chi connectivity index (χ1n) is 5.53. The van der Waals surface area contributed by atoms with Crippen molar-refractivity contribution in [1.29, 1.82) is 0 Å². The van der Waals surface area contributed by atoms with E-state index in [1.165, 1.54) is 0 Å². The van der Waals surface area contributed by atoms with Gasteiger partial charge in [-0.05, 0) is 19.4 Å². The van der Waals surface area contributed by atoms with Gasteiger partial charge in [0, 0.05) is 18.3 Å². The van der Waals surface area contributed by atoms with Gasteiger partial charge in [-0.15, -0.1) is 0 Å². The maximum atomic E-state index is 11.1. The number of hydrogen-bond acceptors (Lipinski definition) is 3. The van der Waals surface area contributed by atoms with Crippen molar-refractivity contribution >= 4 is 5.97 Å². The van der Waals surface area contributed by atoms with Crippen LogP contribution in [0.3, 0.4) is 0 Å². The van der Waals surface area contributed by atoms with E-state index in [1.54, 1.807) is 17.1 Å². The molecule has 0 aliphatic rings. The van der Waals surface area contributed by atoms with E-state index in [4.69, 9.17) is 5.11 Å². The Morgan fingerprint density at radius 3 is 2.75 bits per heavy atom. The molecule has 90 valence electrons. The van der Waals surface area contributed by atoms with Crippen molar-refractivity contribution in [2.75, 3.05) is 6.54 Å². The zero-order valence-electron chi connectivity index (χ0n) is 9.97. The molecular weight excluding hydrogens is 206 g/mol. The molecule has 0 radical (unpaired) electrons. The zero-order valence-corrected chi connectivity index (χ0v) is 9.97. The Balaban J connectivity index is 2.73. The van der Waals surface area contributed by atoms with Crippen LogP contribution in [0.1, 0.15) is 32.4 Å². The van der Waals surface area contributed by atoms with Crippen molar-refractivity contribution < 1.29 is 9.90 Å². The molecule has 1 aromatic rings. The number of aliphatic carboxylic acids is 1.